The van der Waals surface area contributed by atoms with Crippen molar-refractivity contribution >= 4 is 23.1 Å². The summed E-state index contributed by atoms with van der Waals surface area (Å²) in [5, 5.41) is 1.32. The van der Waals surface area contributed by atoms with E-state index in [2.05, 4.69) is 4.98 Å². The first-order chi connectivity index (χ1) is 5.90. The Morgan fingerprint density at radius 2 is 2.42 bits per heavy atom. The zero-order valence-electron chi connectivity index (χ0n) is 6.82. The minimum absolute atomic E-state index is 0.737. The third-order valence-corrected chi connectivity index (χ3v) is 4.45. The van der Waals surface area contributed by atoms with Crippen molar-refractivity contribution in [3.8, 4) is 0 Å². The van der Waals surface area contributed by atoms with Crippen LogP contribution in [0.1, 0.15) is 15.8 Å². The Morgan fingerprint density at radius 1 is 1.58 bits per heavy atom. The van der Waals surface area contributed by atoms with Crippen molar-refractivity contribution in [1.29, 1.82) is 0 Å². The zero-order chi connectivity index (χ0) is 8.39. The molecule has 2 heterocycles. The Morgan fingerprint density at radius 3 is 3.00 bits per heavy atom. The lowest BCUT2D eigenvalue weighted by Gasteiger charge is -2.21. The van der Waals surface area contributed by atoms with E-state index in [-0.39, 0.29) is 0 Å². The minimum atomic E-state index is 0.737. The Labute approximate surface area is 80.6 Å². The number of hydrogen-bond donors (Lipinski definition) is 1. The van der Waals surface area contributed by atoms with Gasteiger partial charge in [-0.1, -0.05) is 0 Å². The largest absolute Gasteiger partial charge is 0.330 e. The second-order valence-electron chi connectivity index (χ2n) is 2.94. The number of nitrogens with two attached hydrogens (primary N) is 1. The molecule has 1 fully saturated rings. The molecule has 2 nitrogen and oxygen atoms in total. The van der Waals surface area contributed by atoms with E-state index in [0.717, 1.165) is 18.9 Å². The van der Waals surface area contributed by atoms with E-state index < -0.39 is 0 Å². The molecule has 0 saturated carbocycles. The molecule has 2 N–H and O–H groups in total. The van der Waals surface area contributed by atoms with Gasteiger partial charge in [-0.3, -0.25) is 0 Å². The van der Waals surface area contributed by atoms with Gasteiger partial charge in [0.05, 0.1) is 5.01 Å². The normalized spacial score (nSPS) is 17.8. The van der Waals surface area contributed by atoms with E-state index >= 15 is 0 Å². The van der Waals surface area contributed by atoms with Crippen molar-refractivity contribution < 1.29 is 0 Å². The maximum atomic E-state index is 5.47. The quantitative estimate of drug-likeness (QED) is 0.803. The molecule has 0 spiro atoms. The van der Waals surface area contributed by atoms with Crippen LogP contribution in [0.15, 0.2) is 6.20 Å². The predicted octanol–water partition coefficient (Wildman–Crippen LogP) is 1.47. The third-order valence-electron chi connectivity index (χ3n) is 1.95. The summed E-state index contributed by atoms with van der Waals surface area (Å²) >= 11 is 3.84. The number of aromatic nitrogens is 1. The molecular formula is C8H12N2S2. The molecule has 0 aromatic carbocycles. The summed E-state index contributed by atoms with van der Waals surface area (Å²) in [5.41, 5.74) is 5.47. The van der Waals surface area contributed by atoms with Gasteiger partial charge < -0.3 is 5.73 Å². The average Bonchev–Trinajstić information content (AvgIpc) is 2.34. The van der Waals surface area contributed by atoms with Crippen molar-refractivity contribution in [3.63, 3.8) is 0 Å². The maximum Gasteiger partial charge on any atom is 0.0975 e. The highest BCUT2D eigenvalue weighted by Crippen LogP contribution is 2.35. The van der Waals surface area contributed by atoms with E-state index in [1.54, 1.807) is 0 Å². The topological polar surface area (TPSA) is 38.9 Å². The molecule has 1 aliphatic rings. The first-order valence-corrected chi connectivity index (χ1v) is 6.09. The van der Waals surface area contributed by atoms with Crippen LogP contribution in [0.5, 0.6) is 0 Å². The second kappa shape index (κ2) is 3.77. The van der Waals surface area contributed by atoms with Crippen LogP contribution < -0.4 is 5.73 Å². The van der Waals surface area contributed by atoms with Crippen molar-refractivity contribution in [3.05, 3.63) is 16.1 Å². The Hall–Kier alpha value is -0.0600. The Bertz CT molecular complexity index is 255. The lowest BCUT2D eigenvalue weighted by Crippen LogP contribution is -2.14. The number of thioether (sulfide) groups is 1. The van der Waals surface area contributed by atoms with Crippen LogP contribution in [0.4, 0.5) is 0 Å². The standard InChI is InChI=1S/C8H12N2S2/c9-2-1-7-3-10-8(12-7)6-4-11-5-6/h3,6H,1-2,4-5,9H2. The molecule has 1 aromatic heterocycles. The van der Waals surface area contributed by atoms with Crippen LogP contribution in [-0.4, -0.2) is 23.0 Å². The van der Waals surface area contributed by atoms with E-state index in [9.17, 15) is 0 Å². The number of hydrogen-bond acceptors (Lipinski definition) is 4. The Kier molecular flexibility index (Phi) is 2.68. The SMILES string of the molecule is NCCc1cnc(C2CSC2)s1. The summed E-state index contributed by atoms with van der Waals surface area (Å²) in [6, 6.07) is 0. The van der Waals surface area contributed by atoms with E-state index in [1.807, 2.05) is 29.3 Å². The summed E-state index contributed by atoms with van der Waals surface area (Å²) in [6.07, 6.45) is 2.97. The van der Waals surface area contributed by atoms with Crippen LogP contribution in [0.25, 0.3) is 0 Å². The summed E-state index contributed by atoms with van der Waals surface area (Å²) in [4.78, 5) is 5.74. The molecule has 12 heavy (non-hydrogen) atoms. The average molecular weight is 200 g/mol. The van der Waals surface area contributed by atoms with Crippen LogP contribution in [-0.2, 0) is 6.42 Å². The van der Waals surface area contributed by atoms with Gasteiger partial charge >= 0.3 is 0 Å². The summed E-state index contributed by atoms with van der Waals surface area (Å²) in [5.74, 6) is 3.26. The van der Waals surface area contributed by atoms with Crippen LogP contribution in [0.2, 0.25) is 0 Å². The van der Waals surface area contributed by atoms with Gasteiger partial charge in [0.1, 0.15) is 0 Å². The third kappa shape index (κ3) is 1.65. The maximum absolute atomic E-state index is 5.47. The molecule has 1 aromatic rings. The fraction of sp³-hybridized carbons (Fsp3) is 0.625. The van der Waals surface area contributed by atoms with E-state index in [1.165, 1.54) is 21.4 Å². The van der Waals surface area contributed by atoms with Crippen molar-refractivity contribution in [2.24, 2.45) is 5.73 Å². The van der Waals surface area contributed by atoms with Gasteiger partial charge in [-0.05, 0) is 13.0 Å². The van der Waals surface area contributed by atoms with E-state index in [4.69, 9.17) is 5.73 Å². The molecule has 2 rings (SSSR count). The number of nitrogens with zero attached hydrogens (tertiary/aromatic N) is 1. The zero-order valence-corrected chi connectivity index (χ0v) is 8.46. The second-order valence-corrected chi connectivity index (χ2v) is 5.16. The highest BCUT2D eigenvalue weighted by molar-refractivity contribution is 8.00. The van der Waals surface area contributed by atoms with Crippen LogP contribution >= 0.6 is 23.1 Å². The number of thiazole rings is 1. The van der Waals surface area contributed by atoms with Crippen molar-refractivity contribution in [2.45, 2.75) is 12.3 Å². The van der Waals surface area contributed by atoms with Gasteiger partial charge in [0, 0.05) is 28.5 Å². The molecule has 0 amide bonds. The monoisotopic (exact) mass is 200 g/mol. The van der Waals surface area contributed by atoms with Gasteiger partial charge in [-0.2, -0.15) is 11.8 Å². The van der Waals surface area contributed by atoms with Gasteiger partial charge in [-0.15, -0.1) is 11.3 Å². The Balaban J connectivity index is 2.02. The molecule has 0 radical (unpaired) electrons. The highest BCUT2D eigenvalue weighted by atomic mass is 32.2. The minimum Gasteiger partial charge on any atom is -0.330 e. The fourth-order valence-electron chi connectivity index (χ4n) is 1.15. The molecule has 1 aliphatic heterocycles. The smallest absolute Gasteiger partial charge is 0.0975 e. The molecule has 0 bridgehead atoms. The van der Waals surface area contributed by atoms with Crippen molar-refractivity contribution in [2.75, 3.05) is 18.1 Å². The predicted molar refractivity (Wildman–Crippen MR) is 54.9 cm³/mol. The highest BCUT2D eigenvalue weighted by Gasteiger charge is 2.22. The molecule has 4 heteroatoms. The van der Waals surface area contributed by atoms with Gasteiger partial charge in [0.25, 0.3) is 0 Å². The molecule has 0 atom stereocenters. The van der Waals surface area contributed by atoms with Gasteiger partial charge in [0.2, 0.25) is 0 Å². The van der Waals surface area contributed by atoms with Crippen molar-refractivity contribution in [1.82, 2.24) is 4.98 Å². The fourth-order valence-corrected chi connectivity index (χ4v) is 3.18. The molecule has 66 valence electrons. The summed E-state index contributed by atoms with van der Waals surface area (Å²) in [6.45, 7) is 0.737. The molecule has 1 saturated heterocycles. The number of rotatable bonds is 3. The van der Waals surface area contributed by atoms with Crippen LogP contribution in [0.3, 0.4) is 0 Å². The lowest BCUT2D eigenvalue weighted by molar-refractivity contribution is 0.836. The molecular weight excluding hydrogens is 188 g/mol. The van der Waals surface area contributed by atoms with Crippen LogP contribution in [0, 0.1) is 0 Å². The van der Waals surface area contributed by atoms with Gasteiger partial charge in [0.15, 0.2) is 0 Å². The van der Waals surface area contributed by atoms with E-state index in [0.29, 0.717) is 0 Å². The van der Waals surface area contributed by atoms with Gasteiger partial charge in [-0.25, -0.2) is 4.98 Å². The lowest BCUT2D eigenvalue weighted by atomic mass is 10.2. The summed E-state index contributed by atoms with van der Waals surface area (Å²) < 4.78 is 0. The molecule has 0 aliphatic carbocycles. The molecule has 0 unspecified atom stereocenters. The first kappa shape index (κ1) is 8.53. The summed E-state index contributed by atoms with van der Waals surface area (Å²) in [7, 11) is 0. The first-order valence-electron chi connectivity index (χ1n) is 4.12.